The van der Waals surface area contributed by atoms with E-state index < -0.39 is 0 Å². The number of pyridine rings is 1. The van der Waals surface area contributed by atoms with Crippen LogP contribution in [0.1, 0.15) is 44.6 Å². The Labute approximate surface area is 252 Å². The van der Waals surface area contributed by atoms with Crippen molar-refractivity contribution in [2.24, 2.45) is 0 Å². The molecule has 2 amide bonds. The zero-order chi connectivity index (χ0) is 29.1. The molecule has 2 aromatic heterocycles. The van der Waals surface area contributed by atoms with Gasteiger partial charge in [-0.3, -0.25) is 14.6 Å². The van der Waals surface area contributed by atoms with Crippen molar-refractivity contribution >= 4 is 52.0 Å². The van der Waals surface area contributed by atoms with Crippen LogP contribution in [0.2, 0.25) is 10.0 Å². The zero-order valence-electron chi connectivity index (χ0n) is 23.1. The highest BCUT2D eigenvalue weighted by molar-refractivity contribution is 7.09. The number of methoxy groups -OCH3 is 3. The number of hydrogen-bond acceptors (Lipinski definition) is 9. The Balaban J connectivity index is 1.18. The molecular formula is C28H31Cl2N5O5S. The number of piperidine rings is 1. The molecule has 41 heavy (non-hydrogen) atoms. The lowest BCUT2D eigenvalue weighted by atomic mass is 9.96. The Morgan fingerprint density at radius 3 is 2.10 bits per heavy atom. The van der Waals surface area contributed by atoms with Gasteiger partial charge in [-0.2, -0.15) is 0 Å². The molecule has 0 aliphatic carbocycles. The third-order valence-electron chi connectivity index (χ3n) is 7.52. The number of amides is 2. The predicted octanol–water partition coefficient (Wildman–Crippen LogP) is 4.85. The highest BCUT2D eigenvalue weighted by Gasteiger charge is 2.31. The lowest BCUT2D eigenvalue weighted by Gasteiger charge is -2.36. The van der Waals surface area contributed by atoms with Gasteiger partial charge in [-0.15, -0.1) is 11.3 Å². The fourth-order valence-electron chi connectivity index (χ4n) is 5.34. The summed E-state index contributed by atoms with van der Waals surface area (Å²) in [6.45, 7) is 3.46. The number of benzene rings is 1. The van der Waals surface area contributed by atoms with Gasteiger partial charge in [-0.05, 0) is 25.0 Å². The molecule has 0 saturated carbocycles. The van der Waals surface area contributed by atoms with Gasteiger partial charge in [0.1, 0.15) is 5.69 Å². The Morgan fingerprint density at radius 2 is 1.49 bits per heavy atom. The number of aromatic nitrogens is 2. The number of carbonyl (C=O) groups excluding carboxylic acids is 2. The quantitative estimate of drug-likeness (QED) is 0.370. The molecule has 4 heterocycles. The van der Waals surface area contributed by atoms with Crippen LogP contribution >= 0.6 is 34.5 Å². The molecule has 0 bridgehead atoms. The van der Waals surface area contributed by atoms with Crippen molar-refractivity contribution < 1.29 is 23.8 Å². The summed E-state index contributed by atoms with van der Waals surface area (Å²) >= 11 is 14.1. The van der Waals surface area contributed by atoms with Crippen LogP contribution in [0.15, 0.2) is 29.9 Å². The van der Waals surface area contributed by atoms with Gasteiger partial charge in [0, 0.05) is 63.0 Å². The van der Waals surface area contributed by atoms with Crippen LogP contribution in [0.5, 0.6) is 17.2 Å². The minimum Gasteiger partial charge on any atom is -0.493 e. The first-order valence-corrected chi connectivity index (χ1v) is 14.9. The van der Waals surface area contributed by atoms with Gasteiger partial charge >= 0.3 is 0 Å². The number of hydrogen-bond donors (Lipinski definition) is 0. The standard InChI is InChI=1S/C28H31Cl2N5O5S/c1-38-22-5-4-18(24(39-2)25(22)40-3)27(36)34-8-6-17(7-9-34)26-32-21(16-41-26)28(37)35-12-10-33(11-13-35)23-19(29)14-31-15-20(23)30/h4-5,14-17H,6-13H2,1-3H3. The summed E-state index contributed by atoms with van der Waals surface area (Å²) in [4.78, 5) is 41.1. The average molecular weight is 621 g/mol. The number of halogens is 2. The number of thiazole rings is 1. The van der Waals surface area contributed by atoms with E-state index in [0.29, 0.717) is 77.8 Å². The van der Waals surface area contributed by atoms with Crippen molar-refractivity contribution in [2.45, 2.75) is 18.8 Å². The largest absolute Gasteiger partial charge is 0.493 e. The van der Waals surface area contributed by atoms with Crippen LogP contribution < -0.4 is 19.1 Å². The highest BCUT2D eigenvalue weighted by Crippen LogP contribution is 2.41. The molecule has 2 aliphatic heterocycles. The average Bonchev–Trinajstić information content (AvgIpc) is 3.50. The molecule has 13 heteroatoms. The zero-order valence-corrected chi connectivity index (χ0v) is 25.4. The van der Waals surface area contributed by atoms with Gasteiger partial charge in [0.05, 0.1) is 47.6 Å². The molecule has 0 radical (unpaired) electrons. The van der Waals surface area contributed by atoms with E-state index in [9.17, 15) is 9.59 Å². The van der Waals surface area contributed by atoms with Crippen LogP contribution in [0.4, 0.5) is 5.69 Å². The Hall–Kier alpha value is -3.28. The van der Waals surface area contributed by atoms with Crippen LogP contribution in [0.25, 0.3) is 0 Å². The van der Waals surface area contributed by atoms with Crippen LogP contribution in [-0.4, -0.2) is 92.2 Å². The first-order chi connectivity index (χ1) is 19.9. The summed E-state index contributed by atoms with van der Waals surface area (Å²) in [5, 5.41) is 3.76. The molecule has 0 atom stereocenters. The summed E-state index contributed by atoms with van der Waals surface area (Å²) in [5.74, 6) is 1.23. The number of ether oxygens (including phenoxy) is 3. The third-order valence-corrected chi connectivity index (χ3v) is 9.08. The normalized spacial score (nSPS) is 16.1. The summed E-state index contributed by atoms with van der Waals surface area (Å²) in [7, 11) is 4.56. The second kappa shape index (κ2) is 12.7. The van der Waals surface area contributed by atoms with E-state index >= 15 is 0 Å². The van der Waals surface area contributed by atoms with E-state index in [0.717, 1.165) is 23.5 Å². The van der Waals surface area contributed by atoms with Crippen molar-refractivity contribution in [1.29, 1.82) is 0 Å². The van der Waals surface area contributed by atoms with Crippen molar-refractivity contribution in [3.05, 3.63) is 56.2 Å². The lowest BCUT2D eigenvalue weighted by Crippen LogP contribution is -2.49. The van der Waals surface area contributed by atoms with Crippen molar-refractivity contribution in [2.75, 3.05) is 65.5 Å². The lowest BCUT2D eigenvalue weighted by molar-refractivity contribution is 0.0708. The monoisotopic (exact) mass is 619 g/mol. The van der Waals surface area contributed by atoms with Gasteiger partial charge in [0.2, 0.25) is 5.75 Å². The van der Waals surface area contributed by atoms with Crippen LogP contribution in [0, 0.1) is 0 Å². The fourth-order valence-corrected chi connectivity index (χ4v) is 6.91. The number of nitrogens with zero attached hydrogens (tertiary/aromatic N) is 5. The molecule has 2 fully saturated rings. The maximum Gasteiger partial charge on any atom is 0.273 e. The Kier molecular flexibility index (Phi) is 9.06. The van der Waals surface area contributed by atoms with Crippen molar-refractivity contribution in [3.63, 3.8) is 0 Å². The first-order valence-electron chi connectivity index (χ1n) is 13.2. The highest BCUT2D eigenvalue weighted by atomic mass is 35.5. The number of rotatable bonds is 7. The SMILES string of the molecule is COc1ccc(C(=O)N2CCC(c3nc(C(=O)N4CCN(c5c(Cl)cncc5Cl)CC4)cs3)CC2)c(OC)c1OC. The molecule has 3 aromatic rings. The molecule has 0 N–H and O–H groups in total. The van der Waals surface area contributed by atoms with E-state index in [1.807, 2.05) is 15.2 Å². The van der Waals surface area contributed by atoms with E-state index in [2.05, 4.69) is 9.88 Å². The third kappa shape index (κ3) is 5.89. The van der Waals surface area contributed by atoms with Gasteiger partial charge in [0.15, 0.2) is 11.5 Å². The topological polar surface area (TPSA) is 97.3 Å². The molecule has 2 aliphatic rings. The smallest absolute Gasteiger partial charge is 0.273 e. The van der Waals surface area contributed by atoms with Gasteiger partial charge in [-0.1, -0.05) is 23.2 Å². The van der Waals surface area contributed by atoms with E-state index in [1.165, 1.54) is 32.7 Å². The number of anilines is 1. The molecule has 5 rings (SSSR count). The molecule has 218 valence electrons. The summed E-state index contributed by atoms with van der Waals surface area (Å²) in [5.41, 5.74) is 1.65. The fraction of sp³-hybridized carbons (Fsp3) is 0.429. The Morgan fingerprint density at radius 1 is 0.854 bits per heavy atom. The number of piperazine rings is 1. The maximum atomic E-state index is 13.4. The maximum absolute atomic E-state index is 13.4. The van der Waals surface area contributed by atoms with Crippen LogP contribution in [0.3, 0.4) is 0 Å². The van der Waals surface area contributed by atoms with Crippen molar-refractivity contribution in [1.82, 2.24) is 19.8 Å². The van der Waals surface area contributed by atoms with Gasteiger partial charge in [-0.25, -0.2) is 4.98 Å². The molecule has 2 saturated heterocycles. The second-order valence-corrected chi connectivity index (χ2v) is 11.5. The predicted molar refractivity (Wildman–Crippen MR) is 158 cm³/mol. The van der Waals surface area contributed by atoms with Gasteiger partial charge in [0.25, 0.3) is 11.8 Å². The molecule has 0 spiro atoms. The number of likely N-dealkylation sites (tertiary alicyclic amines) is 1. The van der Waals surface area contributed by atoms with E-state index in [-0.39, 0.29) is 17.7 Å². The summed E-state index contributed by atoms with van der Waals surface area (Å²) in [6, 6.07) is 3.41. The second-order valence-electron chi connectivity index (χ2n) is 9.75. The summed E-state index contributed by atoms with van der Waals surface area (Å²) in [6.07, 6.45) is 4.67. The van der Waals surface area contributed by atoms with E-state index in [1.54, 1.807) is 24.5 Å². The van der Waals surface area contributed by atoms with Crippen molar-refractivity contribution in [3.8, 4) is 17.2 Å². The van der Waals surface area contributed by atoms with E-state index in [4.69, 9.17) is 42.4 Å². The molecular weight excluding hydrogens is 589 g/mol. The molecule has 0 unspecified atom stereocenters. The molecule has 10 nitrogen and oxygen atoms in total. The minimum absolute atomic E-state index is 0.0766. The first kappa shape index (κ1) is 29.2. The Bertz CT molecular complexity index is 1400. The summed E-state index contributed by atoms with van der Waals surface area (Å²) < 4.78 is 16.3. The molecule has 1 aromatic carbocycles. The van der Waals surface area contributed by atoms with Gasteiger partial charge < -0.3 is 28.9 Å². The number of carbonyl (C=O) groups is 2. The minimum atomic E-state index is -0.121. The van der Waals surface area contributed by atoms with Crippen LogP contribution in [-0.2, 0) is 0 Å².